The number of hydrogen-bond donors (Lipinski definition) is 1. The number of aromatic nitrogens is 2. The van der Waals surface area contributed by atoms with Gasteiger partial charge in [-0.25, -0.2) is 4.98 Å². The van der Waals surface area contributed by atoms with E-state index in [-0.39, 0.29) is 12.3 Å². The van der Waals surface area contributed by atoms with Crippen LogP contribution in [0.4, 0.5) is 0 Å². The third kappa shape index (κ3) is 2.81. The van der Waals surface area contributed by atoms with Gasteiger partial charge in [-0.15, -0.1) is 0 Å². The van der Waals surface area contributed by atoms with Crippen LogP contribution in [0.25, 0.3) is 22.2 Å². The van der Waals surface area contributed by atoms with E-state index in [9.17, 15) is 4.79 Å². The van der Waals surface area contributed by atoms with Gasteiger partial charge in [0.1, 0.15) is 0 Å². The van der Waals surface area contributed by atoms with Gasteiger partial charge in [-0.3, -0.25) is 9.78 Å². The number of amides is 1. The smallest absolute Gasteiger partial charge is 0.221 e. The zero-order chi connectivity index (χ0) is 15.7. The summed E-state index contributed by atoms with van der Waals surface area (Å²) < 4.78 is 0. The van der Waals surface area contributed by atoms with Gasteiger partial charge < -0.3 is 5.73 Å². The Labute approximate surface area is 129 Å². The molecule has 0 fully saturated rings. The van der Waals surface area contributed by atoms with Crippen LogP contribution in [0.2, 0.25) is 0 Å². The molecule has 3 rings (SSSR count). The Balaban J connectivity index is 2.12. The second-order valence-electron chi connectivity index (χ2n) is 5.51. The molecule has 0 unspecified atom stereocenters. The van der Waals surface area contributed by atoms with Crippen LogP contribution < -0.4 is 5.73 Å². The standard InChI is InChI=1S/C18H17N3O/c1-11-7-16(14-5-3-12(2)20-10-14)21-17-8-13(9-18(19)22)4-6-15(11)17/h3-8,10H,9H2,1-2H3,(H2,19,22). The first-order valence-corrected chi connectivity index (χ1v) is 7.14. The van der Waals surface area contributed by atoms with E-state index in [0.717, 1.165) is 39.0 Å². The number of primary amides is 1. The van der Waals surface area contributed by atoms with E-state index >= 15 is 0 Å². The van der Waals surface area contributed by atoms with Crippen molar-refractivity contribution in [2.45, 2.75) is 20.3 Å². The Hall–Kier alpha value is -2.75. The molecule has 0 aliphatic rings. The molecule has 4 heteroatoms. The number of aryl methyl sites for hydroxylation is 2. The maximum Gasteiger partial charge on any atom is 0.221 e. The number of nitrogens with two attached hydrogens (primary N) is 1. The second kappa shape index (κ2) is 5.56. The van der Waals surface area contributed by atoms with Gasteiger partial charge in [-0.1, -0.05) is 12.1 Å². The Bertz CT molecular complexity index is 854. The van der Waals surface area contributed by atoms with Crippen molar-refractivity contribution < 1.29 is 4.79 Å². The lowest BCUT2D eigenvalue weighted by atomic mass is 10.0. The molecule has 4 nitrogen and oxygen atoms in total. The first kappa shape index (κ1) is 14.2. The average Bonchev–Trinajstić information content (AvgIpc) is 2.47. The topological polar surface area (TPSA) is 68.9 Å². The van der Waals surface area contributed by atoms with E-state index in [1.165, 1.54) is 0 Å². The van der Waals surface area contributed by atoms with Crippen LogP contribution in [0.5, 0.6) is 0 Å². The van der Waals surface area contributed by atoms with E-state index in [0.29, 0.717) is 0 Å². The van der Waals surface area contributed by atoms with Crippen molar-refractivity contribution in [3.05, 3.63) is 59.4 Å². The Kier molecular flexibility index (Phi) is 3.59. The second-order valence-corrected chi connectivity index (χ2v) is 5.51. The molecule has 0 aliphatic carbocycles. The molecular weight excluding hydrogens is 274 g/mol. The lowest BCUT2D eigenvalue weighted by Gasteiger charge is -2.08. The van der Waals surface area contributed by atoms with Crippen LogP contribution >= 0.6 is 0 Å². The van der Waals surface area contributed by atoms with E-state index in [4.69, 9.17) is 10.7 Å². The number of carbonyl (C=O) groups excluding carboxylic acids is 1. The normalized spacial score (nSPS) is 10.8. The van der Waals surface area contributed by atoms with E-state index < -0.39 is 0 Å². The first-order valence-electron chi connectivity index (χ1n) is 7.14. The summed E-state index contributed by atoms with van der Waals surface area (Å²) in [6.45, 7) is 4.02. The highest BCUT2D eigenvalue weighted by Gasteiger charge is 2.07. The van der Waals surface area contributed by atoms with Gasteiger partial charge >= 0.3 is 0 Å². The van der Waals surface area contributed by atoms with Crippen LogP contribution in [0.15, 0.2) is 42.6 Å². The van der Waals surface area contributed by atoms with Crippen molar-refractivity contribution in [2.24, 2.45) is 5.73 Å². The number of carbonyl (C=O) groups is 1. The molecule has 0 radical (unpaired) electrons. The summed E-state index contributed by atoms with van der Waals surface area (Å²) in [5.74, 6) is -0.338. The molecule has 1 amide bonds. The quantitative estimate of drug-likeness (QED) is 0.806. The van der Waals surface area contributed by atoms with Crippen molar-refractivity contribution in [3.8, 4) is 11.3 Å². The first-order chi connectivity index (χ1) is 10.5. The molecule has 0 saturated heterocycles. The lowest BCUT2D eigenvalue weighted by Crippen LogP contribution is -2.13. The molecule has 0 atom stereocenters. The van der Waals surface area contributed by atoms with Crippen molar-refractivity contribution in [1.29, 1.82) is 0 Å². The molecule has 1 aromatic carbocycles. The molecule has 3 aromatic rings. The molecular formula is C18H17N3O. The summed E-state index contributed by atoms with van der Waals surface area (Å²) in [5, 5.41) is 1.08. The van der Waals surface area contributed by atoms with Gasteiger partial charge in [0.05, 0.1) is 17.6 Å². The minimum absolute atomic E-state index is 0.229. The van der Waals surface area contributed by atoms with Crippen molar-refractivity contribution in [1.82, 2.24) is 9.97 Å². The molecule has 2 N–H and O–H groups in total. The molecule has 0 saturated carbocycles. The van der Waals surface area contributed by atoms with Crippen molar-refractivity contribution in [2.75, 3.05) is 0 Å². The number of benzene rings is 1. The number of nitrogens with zero attached hydrogens (tertiary/aromatic N) is 2. The maximum absolute atomic E-state index is 11.1. The molecule has 110 valence electrons. The third-order valence-electron chi connectivity index (χ3n) is 3.67. The van der Waals surface area contributed by atoms with Gasteiger partial charge in [-0.2, -0.15) is 0 Å². The predicted octanol–water partition coefficient (Wildman–Crippen LogP) is 2.94. The van der Waals surface area contributed by atoms with Gasteiger partial charge in [0, 0.05) is 22.8 Å². The zero-order valence-corrected chi connectivity index (χ0v) is 12.6. The van der Waals surface area contributed by atoms with Crippen LogP contribution in [-0.2, 0) is 11.2 Å². The molecule has 22 heavy (non-hydrogen) atoms. The van der Waals surface area contributed by atoms with Gasteiger partial charge in [0.2, 0.25) is 5.91 Å². The van der Waals surface area contributed by atoms with Crippen LogP contribution in [0.3, 0.4) is 0 Å². The summed E-state index contributed by atoms with van der Waals surface area (Å²) in [6, 6.07) is 11.9. The SMILES string of the molecule is Cc1ccc(-c2cc(C)c3ccc(CC(N)=O)cc3n2)cn1. The van der Waals surface area contributed by atoms with Gasteiger partial charge in [-0.05, 0) is 49.2 Å². The number of hydrogen-bond acceptors (Lipinski definition) is 3. The highest BCUT2D eigenvalue weighted by atomic mass is 16.1. The van der Waals surface area contributed by atoms with Crippen LogP contribution in [0, 0.1) is 13.8 Å². The highest BCUT2D eigenvalue weighted by Crippen LogP contribution is 2.25. The fourth-order valence-electron chi connectivity index (χ4n) is 2.53. The molecule has 2 aromatic heterocycles. The average molecular weight is 291 g/mol. The minimum atomic E-state index is -0.338. The summed E-state index contributed by atoms with van der Waals surface area (Å²) in [7, 11) is 0. The third-order valence-corrected chi connectivity index (χ3v) is 3.67. The van der Waals surface area contributed by atoms with Gasteiger partial charge in [0.15, 0.2) is 0 Å². The molecule has 0 spiro atoms. The monoisotopic (exact) mass is 291 g/mol. The van der Waals surface area contributed by atoms with Crippen molar-refractivity contribution in [3.63, 3.8) is 0 Å². The van der Waals surface area contributed by atoms with Gasteiger partial charge in [0.25, 0.3) is 0 Å². The number of pyridine rings is 2. The Morgan fingerprint density at radius 2 is 1.95 bits per heavy atom. The maximum atomic E-state index is 11.1. The summed E-state index contributed by atoms with van der Waals surface area (Å²) in [4.78, 5) is 20.1. The largest absolute Gasteiger partial charge is 0.369 e. The number of rotatable bonds is 3. The summed E-state index contributed by atoms with van der Waals surface area (Å²) in [6.07, 6.45) is 2.06. The van der Waals surface area contributed by atoms with E-state index in [1.54, 1.807) is 0 Å². The minimum Gasteiger partial charge on any atom is -0.369 e. The van der Waals surface area contributed by atoms with E-state index in [1.807, 2.05) is 43.5 Å². The predicted molar refractivity (Wildman–Crippen MR) is 87.3 cm³/mol. The molecule has 0 bridgehead atoms. The van der Waals surface area contributed by atoms with Crippen molar-refractivity contribution >= 4 is 16.8 Å². The molecule has 0 aliphatic heterocycles. The Morgan fingerprint density at radius 1 is 1.14 bits per heavy atom. The van der Waals surface area contributed by atoms with Crippen LogP contribution in [0.1, 0.15) is 16.8 Å². The fraction of sp³-hybridized carbons (Fsp3) is 0.167. The lowest BCUT2D eigenvalue weighted by molar-refractivity contribution is -0.117. The summed E-state index contributed by atoms with van der Waals surface area (Å²) in [5.41, 5.74) is 11.0. The Morgan fingerprint density at radius 3 is 2.64 bits per heavy atom. The highest BCUT2D eigenvalue weighted by molar-refractivity contribution is 5.86. The van der Waals surface area contributed by atoms with E-state index in [2.05, 4.69) is 18.0 Å². The zero-order valence-electron chi connectivity index (χ0n) is 12.6. The summed E-state index contributed by atoms with van der Waals surface area (Å²) >= 11 is 0. The fourth-order valence-corrected chi connectivity index (χ4v) is 2.53. The number of fused-ring (bicyclic) bond motifs is 1. The molecule has 2 heterocycles. The van der Waals surface area contributed by atoms with Crippen LogP contribution in [-0.4, -0.2) is 15.9 Å².